The monoisotopic (exact) mass is 691 g/mol. The third-order valence-electron chi connectivity index (χ3n) is 3.70. The quantitative estimate of drug-likeness (QED) is 0.155. The Morgan fingerprint density at radius 1 is 1.12 bits per heavy atom. The van der Waals surface area contributed by atoms with Gasteiger partial charge in [0.25, 0.3) is 0 Å². The number of benzene rings is 1. The maximum Gasteiger partial charge on any atom is 0.0599 e. The molecular weight excluding hydrogens is 641 g/mol. The van der Waals surface area contributed by atoms with Crippen molar-refractivity contribution in [1.82, 2.24) is 15.3 Å². The topological polar surface area (TPSA) is 65.8 Å². The van der Waals surface area contributed by atoms with E-state index in [9.17, 15) is 0 Å². The van der Waals surface area contributed by atoms with Crippen molar-refractivity contribution in [3.8, 4) is 0 Å². The van der Waals surface area contributed by atoms with E-state index >= 15 is 0 Å². The Balaban J connectivity index is -0.0000000903. The minimum absolute atomic E-state index is 0. The number of hydrogen-bond donors (Lipinski definition) is 3. The molecular formula is C24H50N5OY3-. The van der Waals surface area contributed by atoms with Gasteiger partial charge in [-0.25, -0.2) is 12.1 Å². The Morgan fingerprint density at radius 3 is 1.79 bits per heavy atom. The van der Waals surface area contributed by atoms with Gasteiger partial charge in [-0.15, -0.1) is 19.7 Å². The molecule has 0 fully saturated rings. The normalized spacial score (nSPS) is 9.09. The number of nitrogens with two attached hydrogens (primary N) is 1. The molecule has 3 radical (unpaired) electrons. The molecule has 0 saturated carbocycles. The molecule has 0 bridgehead atoms. The SMILES string of the molecule is C=C.C=CC.CC.CCN(C)CC(Cc1ccc(NC)cc1)N(CN)NC.[CH2-]OC.[Y].[Y].[Y]. The van der Waals surface area contributed by atoms with Gasteiger partial charge in [-0.3, -0.25) is 5.43 Å². The Morgan fingerprint density at radius 2 is 1.52 bits per heavy atom. The molecule has 9 heteroatoms. The summed E-state index contributed by atoms with van der Waals surface area (Å²) in [5.74, 6) is 0. The standard InChI is InChI=1S/C15H29N5.C3H6.C2H5O.C2H6.C2H4.3Y/c1-5-19(4)11-15(20(12-16)18-3)10-13-6-8-14(17-2)9-7-13;2*1-3-2;2*1-2;;;/h6-9,15,17-18H,5,10-12,16H2,1-4H3;3H,1H2,2H3;1H2,2H3;1-2H3;1-2H2;;;/q;;-1;;;;;. The summed E-state index contributed by atoms with van der Waals surface area (Å²) >= 11 is 0. The fourth-order valence-electron chi connectivity index (χ4n) is 2.26. The van der Waals surface area contributed by atoms with Crippen LogP contribution < -0.4 is 16.5 Å². The molecule has 1 unspecified atom stereocenters. The van der Waals surface area contributed by atoms with E-state index in [1.54, 1.807) is 6.08 Å². The maximum absolute atomic E-state index is 5.84. The van der Waals surface area contributed by atoms with Crippen LogP contribution >= 0.6 is 0 Å². The number of nitrogens with one attached hydrogen (secondary N) is 2. The molecule has 0 aliphatic carbocycles. The van der Waals surface area contributed by atoms with E-state index in [1.807, 2.05) is 34.9 Å². The van der Waals surface area contributed by atoms with Gasteiger partial charge in [-0.05, 0) is 58.8 Å². The van der Waals surface area contributed by atoms with Crippen LogP contribution in [0.2, 0.25) is 0 Å². The molecule has 1 aromatic carbocycles. The number of methoxy groups -OCH3 is 1. The Kier molecular flexibility index (Phi) is 67.9. The van der Waals surface area contributed by atoms with E-state index in [2.05, 4.69) is 90.5 Å². The van der Waals surface area contributed by atoms with Gasteiger partial charge in [0, 0.05) is 123 Å². The van der Waals surface area contributed by atoms with Crippen LogP contribution in [-0.4, -0.2) is 64.0 Å². The summed E-state index contributed by atoms with van der Waals surface area (Å²) in [5, 5.41) is 5.24. The van der Waals surface area contributed by atoms with Crippen LogP contribution in [0.15, 0.2) is 50.1 Å². The molecule has 0 amide bonds. The summed E-state index contributed by atoms with van der Waals surface area (Å²) in [7, 11) is 10.5. The summed E-state index contributed by atoms with van der Waals surface area (Å²) in [5.41, 5.74) is 11.5. The smallest absolute Gasteiger partial charge is 0.0599 e. The molecule has 187 valence electrons. The Hall–Kier alpha value is 1.61. The van der Waals surface area contributed by atoms with E-state index in [4.69, 9.17) is 5.73 Å². The van der Waals surface area contributed by atoms with Crippen molar-refractivity contribution >= 4 is 5.69 Å². The summed E-state index contributed by atoms with van der Waals surface area (Å²) < 4.78 is 4.00. The molecule has 1 rings (SSSR count). The van der Waals surface area contributed by atoms with Crippen molar-refractivity contribution in [3.63, 3.8) is 0 Å². The zero-order valence-corrected chi connectivity index (χ0v) is 31.2. The van der Waals surface area contributed by atoms with Crippen LogP contribution in [0.3, 0.4) is 0 Å². The Labute approximate surface area is 282 Å². The van der Waals surface area contributed by atoms with Gasteiger partial charge in [0.2, 0.25) is 0 Å². The molecule has 0 aliphatic rings. The number of hydrogen-bond acceptors (Lipinski definition) is 6. The molecule has 1 aromatic rings. The van der Waals surface area contributed by atoms with Crippen LogP contribution in [0.1, 0.15) is 33.3 Å². The van der Waals surface area contributed by atoms with Crippen LogP contribution in [0.25, 0.3) is 0 Å². The molecule has 0 spiro atoms. The number of ether oxygens (including phenoxy) is 1. The summed E-state index contributed by atoms with van der Waals surface area (Å²) in [4.78, 5) is 2.31. The van der Waals surface area contributed by atoms with Crippen LogP contribution in [-0.2, 0) is 109 Å². The van der Waals surface area contributed by atoms with E-state index in [0.717, 1.165) is 25.2 Å². The van der Waals surface area contributed by atoms with E-state index in [1.165, 1.54) is 12.7 Å². The second-order valence-corrected chi connectivity index (χ2v) is 5.73. The number of anilines is 1. The van der Waals surface area contributed by atoms with Crippen LogP contribution in [0, 0.1) is 7.11 Å². The Bertz CT molecular complexity index is 450. The number of nitrogens with zero attached hydrogens (tertiary/aromatic N) is 2. The van der Waals surface area contributed by atoms with Gasteiger partial charge in [-0.2, -0.15) is 0 Å². The van der Waals surface area contributed by atoms with Crippen molar-refractivity contribution in [1.29, 1.82) is 0 Å². The van der Waals surface area contributed by atoms with Crippen LogP contribution in [0.5, 0.6) is 0 Å². The average Bonchev–Trinajstić information content (AvgIpc) is 2.79. The average molecular weight is 691 g/mol. The minimum Gasteiger partial charge on any atom is -0.557 e. The second-order valence-electron chi connectivity index (χ2n) is 5.73. The summed E-state index contributed by atoms with van der Waals surface area (Å²) in [6.45, 7) is 20.0. The van der Waals surface area contributed by atoms with Crippen LogP contribution in [0.4, 0.5) is 5.69 Å². The first kappa shape index (κ1) is 51.3. The number of rotatable bonds is 9. The van der Waals surface area contributed by atoms with Gasteiger partial charge in [0.05, 0.1) is 6.67 Å². The van der Waals surface area contributed by atoms with Crippen molar-refractivity contribution in [3.05, 3.63) is 62.8 Å². The zero-order chi connectivity index (χ0) is 24.4. The first-order valence-electron chi connectivity index (χ1n) is 10.4. The van der Waals surface area contributed by atoms with Gasteiger partial charge in [-0.1, -0.05) is 39.0 Å². The number of allylic oxidation sites excluding steroid dienone is 1. The number of hydrazine groups is 1. The predicted molar refractivity (Wildman–Crippen MR) is 137 cm³/mol. The summed E-state index contributed by atoms with van der Waals surface area (Å²) in [6.07, 6.45) is 2.73. The molecule has 1 atom stereocenters. The zero-order valence-electron chi connectivity index (χ0n) is 22.7. The summed E-state index contributed by atoms with van der Waals surface area (Å²) in [6, 6.07) is 8.93. The fourth-order valence-corrected chi connectivity index (χ4v) is 2.26. The third kappa shape index (κ3) is 33.6. The van der Waals surface area contributed by atoms with Crippen molar-refractivity contribution < 1.29 is 103 Å². The molecule has 0 heterocycles. The van der Waals surface area contributed by atoms with Gasteiger partial charge in [0.1, 0.15) is 0 Å². The molecule has 33 heavy (non-hydrogen) atoms. The first-order valence-corrected chi connectivity index (χ1v) is 10.4. The maximum atomic E-state index is 5.84. The minimum atomic E-state index is 0. The second kappa shape index (κ2) is 43.7. The van der Waals surface area contributed by atoms with Gasteiger partial charge < -0.3 is 20.7 Å². The largest absolute Gasteiger partial charge is 0.557 e. The van der Waals surface area contributed by atoms with Gasteiger partial charge >= 0.3 is 0 Å². The predicted octanol–water partition coefficient (Wildman–Crippen LogP) is 4.38. The first-order chi connectivity index (χ1) is 14.5. The molecule has 6 nitrogen and oxygen atoms in total. The van der Waals surface area contributed by atoms with Crippen molar-refractivity contribution in [2.24, 2.45) is 5.73 Å². The molecule has 0 saturated heterocycles. The van der Waals surface area contributed by atoms with Crippen molar-refractivity contribution in [2.75, 3.05) is 53.3 Å². The van der Waals surface area contributed by atoms with E-state index < -0.39 is 0 Å². The molecule has 0 aromatic heterocycles. The fraction of sp³-hybridized carbons (Fsp3) is 0.542. The van der Waals surface area contributed by atoms with E-state index in [0.29, 0.717) is 12.7 Å². The number of likely N-dealkylation sites (N-methyl/N-ethyl adjacent to an activating group) is 1. The van der Waals surface area contributed by atoms with Gasteiger partial charge in [0.15, 0.2) is 0 Å². The molecule has 0 aliphatic heterocycles. The van der Waals surface area contributed by atoms with Crippen molar-refractivity contribution in [2.45, 2.75) is 40.2 Å². The molecule has 4 N–H and O–H groups in total. The third-order valence-corrected chi connectivity index (χ3v) is 3.70. The van der Waals surface area contributed by atoms with E-state index in [-0.39, 0.29) is 98.1 Å².